The average molecular weight is 236 g/mol. The van der Waals surface area contributed by atoms with Gasteiger partial charge in [0.1, 0.15) is 5.52 Å². The summed E-state index contributed by atoms with van der Waals surface area (Å²) in [5.41, 5.74) is 0.908. The Hall–Kier alpha value is -1.49. The molecule has 84 valence electrons. The van der Waals surface area contributed by atoms with Crippen LogP contribution in [0.1, 0.15) is 0 Å². The van der Waals surface area contributed by atoms with Gasteiger partial charge < -0.3 is 4.57 Å². The first-order valence-corrected chi connectivity index (χ1v) is 6.34. The van der Waals surface area contributed by atoms with Crippen LogP contribution in [-0.2, 0) is 6.54 Å². The lowest BCUT2D eigenvalue weighted by Gasteiger charge is -2.04. The zero-order chi connectivity index (χ0) is 11.5. The number of nitrogens with zero attached hydrogens (tertiary/aromatic N) is 2. The molecule has 1 aromatic carbocycles. The van der Waals surface area contributed by atoms with Crippen molar-refractivity contribution in [1.82, 2.24) is 4.57 Å². The van der Waals surface area contributed by atoms with Gasteiger partial charge in [-0.15, -0.1) is 0 Å². The van der Waals surface area contributed by atoms with Crippen LogP contribution in [0, 0.1) is 10.1 Å². The number of para-hydroxylation sites is 1. The highest BCUT2D eigenvalue weighted by Gasteiger charge is 2.14. The van der Waals surface area contributed by atoms with Gasteiger partial charge in [-0.2, -0.15) is 11.8 Å². The number of hydrogen-bond donors (Lipinski definition) is 0. The third kappa shape index (κ3) is 1.90. The van der Waals surface area contributed by atoms with Crippen LogP contribution in [0.15, 0.2) is 30.5 Å². The Balaban J connectivity index is 2.54. The van der Waals surface area contributed by atoms with Crippen molar-refractivity contribution in [2.75, 3.05) is 12.0 Å². The molecule has 0 saturated heterocycles. The predicted octanol–water partition coefficient (Wildman–Crippen LogP) is 2.91. The number of rotatable bonds is 4. The number of thioether (sulfide) groups is 1. The quantitative estimate of drug-likeness (QED) is 0.605. The van der Waals surface area contributed by atoms with Gasteiger partial charge in [0.05, 0.1) is 4.92 Å². The van der Waals surface area contributed by atoms with E-state index in [9.17, 15) is 10.1 Å². The van der Waals surface area contributed by atoms with Crippen molar-refractivity contribution in [3.63, 3.8) is 0 Å². The first kappa shape index (κ1) is 11.0. The molecule has 0 aliphatic heterocycles. The van der Waals surface area contributed by atoms with Gasteiger partial charge >= 0.3 is 0 Å². The predicted molar refractivity (Wildman–Crippen MR) is 67.0 cm³/mol. The second kappa shape index (κ2) is 4.57. The van der Waals surface area contributed by atoms with Crippen molar-refractivity contribution in [3.05, 3.63) is 40.6 Å². The molecule has 0 aliphatic rings. The number of nitro groups is 1. The summed E-state index contributed by atoms with van der Waals surface area (Å²) in [6, 6.07) is 7.10. The van der Waals surface area contributed by atoms with Crippen LogP contribution in [-0.4, -0.2) is 21.5 Å². The molecule has 1 heterocycles. The van der Waals surface area contributed by atoms with Crippen LogP contribution >= 0.6 is 11.8 Å². The van der Waals surface area contributed by atoms with E-state index in [0.29, 0.717) is 0 Å². The number of aryl methyl sites for hydroxylation is 1. The minimum Gasteiger partial charge on any atom is -0.341 e. The molecule has 2 rings (SSSR count). The topological polar surface area (TPSA) is 48.1 Å². The first-order chi connectivity index (χ1) is 7.74. The van der Waals surface area contributed by atoms with Crippen molar-refractivity contribution < 1.29 is 4.92 Å². The third-order valence-electron chi connectivity index (χ3n) is 2.50. The molecule has 0 N–H and O–H groups in total. The number of non-ortho nitro benzene ring substituents is 1. The minimum atomic E-state index is -0.322. The summed E-state index contributed by atoms with van der Waals surface area (Å²) in [5.74, 6) is 0.954. The molecule has 0 aliphatic carbocycles. The van der Waals surface area contributed by atoms with Gasteiger partial charge in [-0.25, -0.2) is 0 Å². The Morgan fingerprint density at radius 1 is 1.44 bits per heavy atom. The molecular weight excluding hydrogens is 224 g/mol. The van der Waals surface area contributed by atoms with E-state index >= 15 is 0 Å². The van der Waals surface area contributed by atoms with Crippen LogP contribution < -0.4 is 0 Å². The van der Waals surface area contributed by atoms with Gasteiger partial charge in [0.2, 0.25) is 0 Å². The van der Waals surface area contributed by atoms with E-state index < -0.39 is 0 Å². The Bertz CT molecular complexity index is 522. The van der Waals surface area contributed by atoms with Gasteiger partial charge in [-0.1, -0.05) is 12.1 Å². The van der Waals surface area contributed by atoms with Gasteiger partial charge in [-0.05, 0) is 12.3 Å². The Morgan fingerprint density at radius 3 is 2.94 bits per heavy atom. The summed E-state index contributed by atoms with van der Waals surface area (Å²) in [5, 5.41) is 11.9. The van der Waals surface area contributed by atoms with E-state index in [0.717, 1.165) is 23.2 Å². The second-order valence-electron chi connectivity index (χ2n) is 3.47. The maximum absolute atomic E-state index is 10.9. The summed E-state index contributed by atoms with van der Waals surface area (Å²) in [7, 11) is 0. The minimum absolute atomic E-state index is 0.184. The summed E-state index contributed by atoms with van der Waals surface area (Å²) >= 11 is 1.73. The molecule has 0 fully saturated rings. The fourth-order valence-corrected chi connectivity index (χ4v) is 2.14. The molecule has 0 amide bonds. The van der Waals surface area contributed by atoms with E-state index in [2.05, 4.69) is 0 Å². The van der Waals surface area contributed by atoms with Gasteiger partial charge in [-0.3, -0.25) is 10.1 Å². The average Bonchev–Trinajstić information content (AvgIpc) is 2.69. The van der Waals surface area contributed by atoms with Crippen molar-refractivity contribution >= 4 is 28.4 Å². The standard InChI is InChI=1S/C11H12N2O2S/c1-16-8-7-12-6-5-9-3-2-4-10(11(9)12)13(14)15/h2-6H,7-8H2,1H3. The van der Waals surface area contributed by atoms with Gasteiger partial charge in [0.25, 0.3) is 5.69 Å². The lowest BCUT2D eigenvalue weighted by molar-refractivity contribution is -0.383. The molecule has 1 aromatic heterocycles. The van der Waals surface area contributed by atoms with Gasteiger partial charge in [0, 0.05) is 29.9 Å². The summed E-state index contributed by atoms with van der Waals surface area (Å²) < 4.78 is 1.95. The number of fused-ring (bicyclic) bond motifs is 1. The molecule has 2 aromatic rings. The zero-order valence-electron chi connectivity index (χ0n) is 8.92. The highest BCUT2D eigenvalue weighted by molar-refractivity contribution is 7.98. The summed E-state index contributed by atoms with van der Waals surface area (Å²) in [6.45, 7) is 0.801. The van der Waals surface area contributed by atoms with E-state index in [1.807, 2.05) is 29.2 Å². The number of nitro benzene ring substituents is 1. The molecule has 4 nitrogen and oxygen atoms in total. The Labute approximate surface area is 97.4 Å². The van der Waals surface area contributed by atoms with Crippen molar-refractivity contribution in [2.45, 2.75) is 6.54 Å². The Kier molecular flexibility index (Phi) is 3.14. The van der Waals surface area contributed by atoms with Crippen molar-refractivity contribution in [3.8, 4) is 0 Å². The lowest BCUT2D eigenvalue weighted by atomic mass is 10.2. The highest BCUT2D eigenvalue weighted by Crippen LogP contribution is 2.26. The smallest absolute Gasteiger partial charge is 0.293 e. The summed E-state index contributed by atoms with van der Waals surface area (Å²) in [6.07, 6.45) is 3.94. The molecule has 0 unspecified atom stereocenters. The van der Waals surface area contributed by atoms with E-state index in [1.54, 1.807) is 23.9 Å². The van der Waals surface area contributed by atoms with Crippen LogP contribution in [0.2, 0.25) is 0 Å². The number of hydrogen-bond acceptors (Lipinski definition) is 3. The number of benzene rings is 1. The lowest BCUT2D eigenvalue weighted by Crippen LogP contribution is -2.00. The molecule has 0 saturated carbocycles. The van der Waals surface area contributed by atoms with Crippen molar-refractivity contribution in [2.24, 2.45) is 0 Å². The molecular formula is C11H12N2O2S. The van der Waals surface area contributed by atoms with Gasteiger partial charge in [0.15, 0.2) is 0 Å². The Morgan fingerprint density at radius 2 is 2.25 bits per heavy atom. The molecule has 0 spiro atoms. The maximum atomic E-state index is 10.9. The third-order valence-corrected chi connectivity index (χ3v) is 3.09. The number of aromatic nitrogens is 1. The molecule has 0 bridgehead atoms. The van der Waals surface area contributed by atoms with Crippen LogP contribution in [0.4, 0.5) is 5.69 Å². The highest BCUT2D eigenvalue weighted by atomic mass is 32.2. The van der Waals surface area contributed by atoms with E-state index in [-0.39, 0.29) is 10.6 Å². The maximum Gasteiger partial charge on any atom is 0.293 e. The molecule has 16 heavy (non-hydrogen) atoms. The van der Waals surface area contributed by atoms with Crippen molar-refractivity contribution in [1.29, 1.82) is 0 Å². The molecule has 0 atom stereocenters. The summed E-state index contributed by atoms with van der Waals surface area (Å²) in [4.78, 5) is 10.6. The normalized spacial score (nSPS) is 10.8. The van der Waals surface area contributed by atoms with Crippen LogP contribution in [0.5, 0.6) is 0 Å². The largest absolute Gasteiger partial charge is 0.341 e. The van der Waals surface area contributed by atoms with Crippen LogP contribution in [0.3, 0.4) is 0 Å². The SMILES string of the molecule is CSCCn1ccc2cccc([N+](=O)[O-])c21. The van der Waals surface area contributed by atoms with E-state index in [1.165, 1.54) is 0 Å². The fourth-order valence-electron chi connectivity index (χ4n) is 1.76. The second-order valence-corrected chi connectivity index (χ2v) is 4.46. The fraction of sp³-hybridized carbons (Fsp3) is 0.273. The van der Waals surface area contributed by atoms with E-state index in [4.69, 9.17) is 0 Å². The molecule has 0 radical (unpaired) electrons. The zero-order valence-corrected chi connectivity index (χ0v) is 9.74. The molecule has 5 heteroatoms. The first-order valence-electron chi connectivity index (χ1n) is 4.95. The monoisotopic (exact) mass is 236 g/mol. The van der Waals surface area contributed by atoms with Crippen LogP contribution in [0.25, 0.3) is 10.9 Å².